The number of rotatable bonds is 1. The third kappa shape index (κ3) is 1.51. The predicted octanol–water partition coefficient (Wildman–Crippen LogP) is 2.56. The van der Waals surface area contributed by atoms with Gasteiger partial charge in [-0.25, -0.2) is 0 Å². The molecule has 1 N–H and O–H groups in total. The van der Waals surface area contributed by atoms with Crippen LogP contribution in [0.25, 0.3) is 10.9 Å². The van der Waals surface area contributed by atoms with Gasteiger partial charge in [0.1, 0.15) is 5.60 Å². The second kappa shape index (κ2) is 3.75. The van der Waals surface area contributed by atoms with Crippen molar-refractivity contribution in [2.24, 2.45) is 0 Å². The number of aliphatic hydroxyl groups is 1. The van der Waals surface area contributed by atoms with Gasteiger partial charge in [0.25, 0.3) is 0 Å². The molecule has 1 aromatic heterocycles. The fourth-order valence-corrected chi connectivity index (χ4v) is 3.54. The van der Waals surface area contributed by atoms with Crippen LogP contribution in [0.3, 0.4) is 0 Å². The van der Waals surface area contributed by atoms with Crippen LogP contribution in [0.5, 0.6) is 0 Å². The van der Waals surface area contributed by atoms with Crippen LogP contribution in [0.1, 0.15) is 12.0 Å². The summed E-state index contributed by atoms with van der Waals surface area (Å²) in [5.74, 6) is 1.83. The van der Waals surface area contributed by atoms with E-state index in [4.69, 9.17) is 0 Å². The van der Waals surface area contributed by atoms with Crippen molar-refractivity contribution >= 4 is 22.7 Å². The second-order valence-electron chi connectivity index (χ2n) is 4.21. The maximum atomic E-state index is 10.6. The maximum Gasteiger partial charge on any atom is 0.100 e. The molecule has 3 rings (SSSR count). The number of pyridine rings is 1. The molecule has 1 atom stereocenters. The number of fused-ring (bicyclic) bond motifs is 1. The average Bonchev–Trinajstić information content (AvgIpc) is 2.77. The van der Waals surface area contributed by atoms with Gasteiger partial charge in [-0.05, 0) is 29.9 Å². The van der Waals surface area contributed by atoms with Gasteiger partial charge in [-0.1, -0.05) is 18.2 Å². The van der Waals surface area contributed by atoms with Crippen LogP contribution in [0.2, 0.25) is 0 Å². The largest absolute Gasteiger partial charge is 0.384 e. The topological polar surface area (TPSA) is 33.1 Å². The molecule has 1 aliphatic heterocycles. The zero-order chi connectivity index (χ0) is 11.0. The highest BCUT2D eigenvalue weighted by atomic mass is 32.2. The van der Waals surface area contributed by atoms with Gasteiger partial charge in [0, 0.05) is 17.3 Å². The average molecular weight is 231 g/mol. The molecule has 0 spiro atoms. The molecule has 0 aliphatic carbocycles. The Morgan fingerprint density at radius 2 is 2.19 bits per heavy atom. The van der Waals surface area contributed by atoms with E-state index in [9.17, 15) is 5.11 Å². The number of aromatic nitrogens is 1. The third-order valence-electron chi connectivity index (χ3n) is 3.15. The van der Waals surface area contributed by atoms with Gasteiger partial charge >= 0.3 is 0 Å². The third-order valence-corrected chi connectivity index (χ3v) is 4.32. The minimum Gasteiger partial charge on any atom is -0.384 e. The van der Waals surface area contributed by atoms with Crippen LogP contribution in [0, 0.1) is 0 Å². The number of nitrogens with zero attached hydrogens (tertiary/aromatic N) is 1. The predicted molar refractivity (Wildman–Crippen MR) is 67.6 cm³/mol. The first-order valence-electron chi connectivity index (χ1n) is 5.44. The molecule has 82 valence electrons. The Kier molecular flexibility index (Phi) is 2.37. The van der Waals surface area contributed by atoms with E-state index >= 15 is 0 Å². The van der Waals surface area contributed by atoms with Crippen LogP contribution >= 0.6 is 11.8 Å². The summed E-state index contributed by atoms with van der Waals surface area (Å²) in [5, 5.41) is 11.7. The molecule has 2 nitrogen and oxygen atoms in total. The number of benzene rings is 1. The van der Waals surface area contributed by atoms with Crippen molar-refractivity contribution in [3.05, 3.63) is 42.1 Å². The summed E-state index contributed by atoms with van der Waals surface area (Å²) in [5.41, 5.74) is 1.33. The first kappa shape index (κ1) is 10.1. The summed E-state index contributed by atoms with van der Waals surface area (Å²) in [6, 6.07) is 9.96. The molecular weight excluding hydrogens is 218 g/mol. The van der Waals surface area contributed by atoms with E-state index in [0.29, 0.717) is 0 Å². The Balaban J connectivity index is 2.23. The number of hydrogen-bond acceptors (Lipinski definition) is 3. The van der Waals surface area contributed by atoms with Gasteiger partial charge in [-0.15, -0.1) is 0 Å². The molecule has 0 amide bonds. The lowest BCUT2D eigenvalue weighted by Crippen LogP contribution is -2.25. The molecule has 3 heteroatoms. The van der Waals surface area contributed by atoms with E-state index in [1.54, 1.807) is 6.20 Å². The minimum atomic E-state index is -0.660. The van der Waals surface area contributed by atoms with Crippen LogP contribution in [-0.4, -0.2) is 21.6 Å². The van der Waals surface area contributed by atoms with Crippen LogP contribution in [0.15, 0.2) is 36.5 Å². The van der Waals surface area contributed by atoms with Gasteiger partial charge in [-0.3, -0.25) is 4.98 Å². The van der Waals surface area contributed by atoms with E-state index in [1.807, 2.05) is 42.1 Å². The smallest absolute Gasteiger partial charge is 0.100 e. The van der Waals surface area contributed by atoms with Crippen LogP contribution in [-0.2, 0) is 5.60 Å². The molecule has 0 saturated carbocycles. The van der Waals surface area contributed by atoms with Crippen LogP contribution in [0.4, 0.5) is 0 Å². The van der Waals surface area contributed by atoms with E-state index in [2.05, 4.69) is 4.98 Å². The first-order valence-corrected chi connectivity index (χ1v) is 6.59. The van der Waals surface area contributed by atoms with Crippen molar-refractivity contribution in [1.82, 2.24) is 4.98 Å². The Hall–Kier alpha value is -1.06. The molecule has 0 radical (unpaired) electrons. The van der Waals surface area contributed by atoms with E-state index < -0.39 is 5.60 Å². The molecule has 1 saturated heterocycles. The van der Waals surface area contributed by atoms with Crippen molar-refractivity contribution in [2.75, 3.05) is 11.5 Å². The van der Waals surface area contributed by atoms with Crippen molar-refractivity contribution in [1.29, 1.82) is 0 Å². The Morgan fingerprint density at radius 1 is 1.25 bits per heavy atom. The van der Waals surface area contributed by atoms with E-state index in [-0.39, 0.29) is 0 Å². The molecule has 2 aromatic rings. The van der Waals surface area contributed by atoms with Crippen molar-refractivity contribution in [2.45, 2.75) is 12.0 Å². The zero-order valence-electron chi connectivity index (χ0n) is 8.89. The molecule has 1 fully saturated rings. The number of hydrogen-bond donors (Lipinski definition) is 1. The SMILES string of the molecule is OC1(c2cccc3ncccc23)CCSC1. The highest BCUT2D eigenvalue weighted by Crippen LogP contribution is 2.39. The normalized spacial score (nSPS) is 25.1. The molecule has 1 aromatic carbocycles. The van der Waals surface area contributed by atoms with Crippen molar-refractivity contribution in [3.63, 3.8) is 0 Å². The second-order valence-corrected chi connectivity index (χ2v) is 5.32. The van der Waals surface area contributed by atoms with Gasteiger partial charge in [0.2, 0.25) is 0 Å². The molecule has 1 aliphatic rings. The molecule has 2 heterocycles. The monoisotopic (exact) mass is 231 g/mol. The van der Waals surface area contributed by atoms with Gasteiger partial charge in [-0.2, -0.15) is 11.8 Å². The Labute approximate surface area is 98.7 Å². The number of thioether (sulfide) groups is 1. The van der Waals surface area contributed by atoms with Gasteiger partial charge in [0.05, 0.1) is 5.52 Å². The highest BCUT2D eigenvalue weighted by Gasteiger charge is 2.34. The summed E-state index contributed by atoms with van der Waals surface area (Å²) >= 11 is 1.81. The van der Waals surface area contributed by atoms with E-state index in [1.165, 1.54) is 0 Å². The van der Waals surface area contributed by atoms with Crippen LogP contribution < -0.4 is 0 Å². The molecule has 0 bridgehead atoms. The quantitative estimate of drug-likeness (QED) is 0.818. The summed E-state index contributed by atoms with van der Waals surface area (Å²) in [6.45, 7) is 0. The summed E-state index contributed by atoms with van der Waals surface area (Å²) in [6.07, 6.45) is 2.63. The summed E-state index contributed by atoms with van der Waals surface area (Å²) < 4.78 is 0. The lowest BCUT2D eigenvalue weighted by atomic mass is 9.90. The summed E-state index contributed by atoms with van der Waals surface area (Å²) in [4.78, 5) is 4.33. The zero-order valence-corrected chi connectivity index (χ0v) is 9.70. The van der Waals surface area contributed by atoms with Crippen molar-refractivity contribution < 1.29 is 5.11 Å². The lowest BCUT2D eigenvalue weighted by Gasteiger charge is -2.23. The van der Waals surface area contributed by atoms with Crippen molar-refractivity contribution in [3.8, 4) is 0 Å². The van der Waals surface area contributed by atoms with Gasteiger partial charge < -0.3 is 5.11 Å². The minimum absolute atomic E-state index is 0.660. The first-order chi connectivity index (χ1) is 7.80. The Bertz CT molecular complexity index is 515. The molecule has 1 unspecified atom stereocenters. The standard InChI is InChI=1S/C13H13NOS/c15-13(6-8-16-9-13)11-4-1-5-12-10(11)3-2-7-14-12/h1-5,7,15H,6,8-9H2. The fourth-order valence-electron chi connectivity index (χ4n) is 2.28. The highest BCUT2D eigenvalue weighted by molar-refractivity contribution is 7.99. The lowest BCUT2D eigenvalue weighted by molar-refractivity contribution is 0.0673. The molecule has 16 heavy (non-hydrogen) atoms. The summed E-state index contributed by atoms with van der Waals surface area (Å²) in [7, 11) is 0. The van der Waals surface area contributed by atoms with E-state index in [0.717, 1.165) is 34.4 Å². The fraction of sp³-hybridized carbons (Fsp3) is 0.308. The molecular formula is C13H13NOS. The van der Waals surface area contributed by atoms with Gasteiger partial charge in [0.15, 0.2) is 0 Å². The maximum absolute atomic E-state index is 10.6. The Morgan fingerprint density at radius 3 is 3.00 bits per heavy atom.